The van der Waals surface area contributed by atoms with Gasteiger partial charge in [0, 0.05) is 19.8 Å². The fraction of sp³-hybridized carbons (Fsp3) is 0.143. The first kappa shape index (κ1) is 12.1. The van der Waals surface area contributed by atoms with Crippen LogP contribution in [0.1, 0.15) is 15.9 Å². The number of nitrogens with zero attached hydrogens (tertiary/aromatic N) is 2. The molecule has 0 aliphatic heterocycles. The maximum atomic E-state index is 10.9. The largest absolute Gasteiger partial charge is 0.478 e. The Balaban J connectivity index is 2.14. The van der Waals surface area contributed by atoms with Crippen molar-refractivity contribution in [3.63, 3.8) is 0 Å². The van der Waals surface area contributed by atoms with Crippen LogP contribution >= 0.6 is 0 Å². The molecule has 0 atom stereocenters. The van der Waals surface area contributed by atoms with Crippen molar-refractivity contribution in [2.45, 2.75) is 6.54 Å². The summed E-state index contributed by atoms with van der Waals surface area (Å²) in [6, 6.07) is 10.8. The summed E-state index contributed by atoms with van der Waals surface area (Å²) < 4.78 is 0. The molecule has 4 heteroatoms. The molecule has 18 heavy (non-hydrogen) atoms. The summed E-state index contributed by atoms with van der Waals surface area (Å²) in [6.45, 7) is 0.646. The predicted octanol–water partition coefficient (Wildman–Crippen LogP) is 2.42. The molecule has 1 aromatic carbocycles. The Morgan fingerprint density at radius 1 is 1.33 bits per heavy atom. The molecule has 0 spiro atoms. The van der Waals surface area contributed by atoms with Gasteiger partial charge in [0.2, 0.25) is 0 Å². The van der Waals surface area contributed by atoms with Gasteiger partial charge < -0.3 is 10.0 Å². The van der Waals surface area contributed by atoms with Gasteiger partial charge in [-0.1, -0.05) is 12.1 Å². The molecule has 0 fully saturated rings. The average Bonchev–Trinajstić information content (AvgIpc) is 2.40. The maximum Gasteiger partial charge on any atom is 0.335 e. The molecule has 0 aliphatic rings. The van der Waals surface area contributed by atoms with Crippen LogP contribution in [0.2, 0.25) is 0 Å². The number of benzene rings is 1. The third-order valence-electron chi connectivity index (χ3n) is 2.68. The number of aromatic carboxylic acids is 1. The van der Waals surface area contributed by atoms with Gasteiger partial charge in [-0.3, -0.25) is 4.98 Å². The normalized spacial score (nSPS) is 10.1. The van der Waals surface area contributed by atoms with Crippen LogP contribution in [0.25, 0.3) is 0 Å². The van der Waals surface area contributed by atoms with E-state index in [2.05, 4.69) is 4.98 Å². The number of hydrogen-bond donors (Lipinski definition) is 1. The smallest absolute Gasteiger partial charge is 0.335 e. The molecule has 1 N–H and O–H groups in total. The highest BCUT2D eigenvalue weighted by molar-refractivity contribution is 5.87. The Labute approximate surface area is 106 Å². The van der Waals surface area contributed by atoms with Crippen LogP contribution in [0, 0.1) is 0 Å². The zero-order chi connectivity index (χ0) is 13.0. The molecule has 1 heterocycles. The van der Waals surface area contributed by atoms with E-state index in [0.717, 1.165) is 11.3 Å². The van der Waals surface area contributed by atoms with Crippen LogP contribution in [0.5, 0.6) is 0 Å². The zero-order valence-electron chi connectivity index (χ0n) is 10.1. The molecule has 0 unspecified atom stereocenters. The lowest BCUT2D eigenvalue weighted by Crippen LogP contribution is -2.16. The minimum absolute atomic E-state index is 0.312. The summed E-state index contributed by atoms with van der Waals surface area (Å²) in [5.74, 6) is -0.902. The van der Waals surface area contributed by atoms with Gasteiger partial charge in [0.15, 0.2) is 0 Å². The quantitative estimate of drug-likeness (QED) is 0.894. The highest BCUT2D eigenvalue weighted by atomic mass is 16.4. The second-order valence-corrected chi connectivity index (χ2v) is 4.07. The van der Waals surface area contributed by atoms with Crippen LogP contribution in [0.4, 0.5) is 5.69 Å². The SMILES string of the molecule is CN(Cc1cccc(C(=O)O)c1)c1cccnc1. The Morgan fingerprint density at radius 2 is 2.17 bits per heavy atom. The molecule has 0 amide bonds. The number of anilines is 1. The Bertz CT molecular complexity index is 541. The molecule has 4 nitrogen and oxygen atoms in total. The van der Waals surface area contributed by atoms with Gasteiger partial charge >= 0.3 is 5.97 Å². The lowest BCUT2D eigenvalue weighted by Gasteiger charge is -2.18. The number of rotatable bonds is 4. The minimum Gasteiger partial charge on any atom is -0.478 e. The van der Waals surface area contributed by atoms with Crippen molar-refractivity contribution in [1.29, 1.82) is 0 Å². The van der Waals surface area contributed by atoms with Gasteiger partial charge in [-0.15, -0.1) is 0 Å². The monoisotopic (exact) mass is 242 g/mol. The number of aromatic nitrogens is 1. The first-order valence-electron chi connectivity index (χ1n) is 5.60. The van der Waals surface area contributed by atoms with Crippen molar-refractivity contribution < 1.29 is 9.90 Å². The molecular weight excluding hydrogens is 228 g/mol. The Hall–Kier alpha value is -2.36. The molecule has 2 rings (SSSR count). The van der Waals surface area contributed by atoms with Gasteiger partial charge in [0.1, 0.15) is 0 Å². The van der Waals surface area contributed by atoms with Crippen LogP contribution in [-0.4, -0.2) is 23.1 Å². The summed E-state index contributed by atoms with van der Waals surface area (Å²) in [5, 5.41) is 8.94. The number of carboxylic acids is 1. The molecular formula is C14H14N2O2. The number of pyridine rings is 1. The summed E-state index contributed by atoms with van der Waals surface area (Å²) in [6.07, 6.45) is 3.50. The van der Waals surface area contributed by atoms with Gasteiger partial charge in [-0.2, -0.15) is 0 Å². The highest BCUT2D eigenvalue weighted by Gasteiger charge is 2.05. The van der Waals surface area contributed by atoms with Crippen molar-refractivity contribution in [1.82, 2.24) is 4.98 Å². The van der Waals surface area contributed by atoms with Crippen LogP contribution in [0.15, 0.2) is 48.8 Å². The van der Waals surface area contributed by atoms with Gasteiger partial charge in [0.25, 0.3) is 0 Å². The fourth-order valence-electron chi connectivity index (χ4n) is 1.75. The second kappa shape index (κ2) is 5.31. The maximum absolute atomic E-state index is 10.9. The van der Waals surface area contributed by atoms with Crippen LogP contribution < -0.4 is 4.90 Å². The lowest BCUT2D eigenvalue weighted by atomic mass is 10.1. The third-order valence-corrected chi connectivity index (χ3v) is 2.68. The minimum atomic E-state index is -0.902. The Morgan fingerprint density at radius 3 is 2.83 bits per heavy atom. The number of hydrogen-bond acceptors (Lipinski definition) is 3. The van der Waals surface area contributed by atoms with Gasteiger partial charge in [-0.05, 0) is 29.8 Å². The van der Waals surface area contributed by atoms with E-state index in [1.165, 1.54) is 0 Å². The van der Waals surface area contributed by atoms with E-state index in [1.54, 1.807) is 30.6 Å². The molecule has 0 saturated heterocycles. The van der Waals surface area contributed by atoms with Crippen molar-refractivity contribution in [3.8, 4) is 0 Å². The standard InChI is InChI=1S/C14H14N2O2/c1-16(13-6-3-7-15-9-13)10-11-4-2-5-12(8-11)14(17)18/h2-9H,10H2,1H3,(H,17,18). The van der Waals surface area contributed by atoms with E-state index in [4.69, 9.17) is 5.11 Å². The Kier molecular flexibility index (Phi) is 3.57. The highest BCUT2D eigenvalue weighted by Crippen LogP contribution is 2.14. The number of carbonyl (C=O) groups is 1. The molecule has 0 radical (unpaired) electrons. The number of carboxylic acid groups (broad SMARTS) is 1. The fourth-order valence-corrected chi connectivity index (χ4v) is 1.75. The van der Waals surface area contributed by atoms with E-state index in [1.807, 2.05) is 30.1 Å². The van der Waals surface area contributed by atoms with E-state index in [0.29, 0.717) is 12.1 Å². The topological polar surface area (TPSA) is 53.4 Å². The first-order valence-corrected chi connectivity index (χ1v) is 5.60. The van der Waals surface area contributed by atoms with Crippen LogP contribution in [-0.2, 0) is 6.54 Å². The predicted molar refractivity (Wildman–Crippen MR) is 69.7 cm³/mol. The average molecular weight is 242 g/mol. The summed E-state index contributed by atoms with van der Waals surface area (Å²) in [4.78, 5) is 17.0. The second-order valence-electron chi connectivity index (χ2n) is 4.07. The van der Waals surface area contributed by atoms with Crippen molar-refractivity contribution >= 4 is 11.7 Å². The molecule has 2 aromatic rings. The first-order chi connectivity index (χ1) is 8.66. The summed E-state index contributed by atoms with van der Waals surface area (Å²) in [5.41, 5.74) is 2.27. The molecule has 92 valence electrons. The lowest BCUT2D eigenvalue weighted by molar-refractivity contribution is 0.0697. The van der Waals surface area contributed by atoms with Crippen molar-refractivity contribution in [2.24, 2.45) is 0 Å². The van der Waals surface area contributed by atoms with E-state index in [-0.39, 0.29) is 0 Å². The van der Waals surface area contributed by atoms with Gasteiger partial charge in [-0.25, -0.2) is 4.79 Å². The molecule has 0 saturated carbocycles. The van der Waals surface area contributed by atoms with E-state index < -0.39 is 5.97 Å². The van der Waals surface area contributed by atoms with Gasteiger partial charge in [0.05, 0.1) is 17.4 Å². The summed E-state index contributed by atoms with van der Waals surface area (Å²) >= 11 is 0. The zero-order valence-corrected chi connectivity index (χ0v) is 10.1. The molecule has 0 bridgehead atoms. The summed E-state index contributed by atoms with van der Waals surface area (Å²) in [7, 11) is 1.95. The third kappa shape index (κ3) is 2.85. The van der Waals surface area contributed by atoms with E-state index in [9.17, 15) is 4.79 Å². The molecule has 1 aromatic heterocycles. The van der Waals surface area contributed by atoms with E-state index >= 15 is 0 Å². The molecule has 0 aliphatic carbocycles. The van der Waals surface area contributed by atoms with Crippen molar-refractivity contribution in [3.05, 3.63) is 59.9 Å². The van der Waals surface area contributed by atoms with Crippen LogP contribution in [0.3, 0.4) is 0 Å². The van der Waals surface area contributed by atoms with Crippen molar-refractivity contribution in [2.75, 3.05) is 11.9 Å².